The van der Waals surface area contributed by atoms with Crippen molar-refractivity contribution in [2.75, 3.05) is 27.4 Å². The van der Waals surface area contributed by atoms with E-state index in [2.05, 4.69) is 26.4 Å². The lowest BCUT2D eigenvalue weighted by Crippen LogP contribution is -2.44. The van der Waals surface area contributed by atoms with Crippen LogP contribution >= 0.6 is 11.3 Å². The molecule has 1 saturated heterocycles. The molecular formula is C42H51N5O10S2. The van der Waals surface area contributed by atoms with Gasteiger partial charge in [-0.3, -0.25) is 23.9 Å². The number of aryl methyl sites for hydroxylation is 1. The summed E-state index contributed by atoms with van der Waals surface area (Å²) < 4.78 is 49.5. The highest BCUT2D eigenvalue weighted by molar-refractivity contribution is 7.90. The van der Waals surface area contributed by atoms with Crippen molar-refractivity contribution < 1.29 is 46.5 Å². The first kappa shape index (κ1) is 43.6. The molecule has 2 aliphatic carbocycles. The number of nitrogens with one attached hydrogen (secondary N) is 1. The number of ether oxygens (including phenoxy) is 4. The Kier molecular flexibility index (Phi) is 14.3. The van der Waals surface area contributed by atoms with Crippen LogP contribution in [-0.4, -0.2) is 99.1 Å². The minimum absolute atomic E-state index is 0.0130. The number of amides is 4. The maximum Gasteiger partial charge on any atom is 0.287 e. The van der Waals surface area contributed by atoms with Crippen molar-refractivity contribution in [3.63, 3.8) is 0 Å². The number of hydrogen-bond acceptors (Lipinski definition) is 12. The van der Waals surface area contributed by atoms with E-state index in [1.165, 1.54) is 16.2 Å². The molecule has 3 fully saturated rings. The lowest BCUT2D eigenvalue weighted by Gasteiger charge is -2.22. The fourth-order valence-corrected chi connectivity index (χ4v) is 9.42. The first-order valence-electron chi connectivity index (χ1n) is 19.9. The molecule has 6 rings (SSSR count). The van der Waals surface area contributed by atoms with Crippen LogP contribution in [0.3, 0.4) is 0 Å². The number of aliphatic imine (C=N–C) groups is 2. The highest BCUT2D eigenvalue weighted by Gasteiger charge is 2.45. The monoisotopic (exact) mass is 849 g/mol. The molecule has 0 bridgehead atoms. The number of carbonyl (C=O) groups is 4. The standard InChI is InChI=1S/C42H51N5O10S2/c1-6-56-37-22-35(30-17-18-34(55-5)25(2)38(30)45-37)57-27-21-33(40(49)43-3)47(23-27)42(51)32(44-41(50)36-19-14-28(58-36)24-54-4)13-11-9-7-8-10-12-26-20-31(26)39(48)46-59(52,53)29-15-16-29/h10,12,14,17-19,22,26-27,29,31,33H,3,6-9,11,13,15-16,20-21,23-24H2,1-2,4-5H3,(H,46,48). The number of aromatic nitrogens is 1. The Morgan fingerprint density at radius 1 is 1.07 bits per heavy atom. The number of benzene rings is 1. The maximum absolute atomic E-state index is 14.4. The third-order valence-corrected chi connectivity index (χ3v) is 13.5. The van der Waals surface area contributed by atoms with Crippen LogP contribution < -0.4 is 18.9 Å². The van der Waals surface area contributed by atoms with Crippen LogP contribution in [-0.2, 0) is 35.8 Å². The predicted octanol–water partition coefficient (Wildman–Crippen LogP) is 5.77. The van der Waals surface area contributed by atoms with Gasteiger partial charge in [0, 0.05) is 41.3 Å². The number of rotatable bonds is 20. The van der Waals surface area contributed by atoms with Gasteiger partial charge in [-0.15, -0.1) is 11.3 Å². The molecule has 3 aromatic rings. The lowest BCUT2D eigenvalue weighted by molar-refractivity contribution is -0.132. The first-order valence-corrected chi connectivity index (χ1v) is 22.2. The number of thiophene rings is 1. The zero-order valence-electron chi connectivity index (χ0n) is 33.8. The van der Waals surface area contributed by atoms with E-state index >= 15 is 0 Å². The number of unbranched alkanes of at least 4 members (excludes halogenated alkanes) is 3. The summed E-state index contributed by atoms with van der Waals surface area (Å²) in [5.41, 5.74) is 1.45. The van der Waals surface area contributed by atoms with E-state index in [-0.39, 0.29) is 36.9 Å². The number of methoxy groups -OCH3 is 2. The molecule has 1 aromatic carbocycles. The lowest BCUT2D eigenvalue weighted by atomic mass is 10.1. The van der Waals surface area contributed by atoms with Gasteiger partial charge >= 0.3 is 0 Å². The fraction of sp³-hybridized carbons (Fsp3) is 0.500. The highest BCUT2D eigenvalue weighted by atomic mass is 32.2. The minimum Gasteiger partial charge on any atom is -0.496 e. The van der Waals surface area contributed by atoms with Gasteiger partial charge in [-0.25, -0.2) is 23.4 Å². The molecule has 2 saturated carbocycles. The number of pyridine rings is 1. The average molecular weight is 850 g/mol. The van der Waals surface area contributed by atoms with Gasteiger partial charge in [-0.2, -0.15) is 0 Å². The van der Waals surface area contributed by atoms with Gasteiger partial charge < -0.3 is 23.8 Å². The molecule has 4 unspecified atom stereocenters. The second kappa shape index (κ2) is 19.4. The van der Waals surface area contributed by atoms with Crippen molar-refractivity contribution in [2.24, 2.45) is 21.8 Å². The van der Waals surface area contributed by atoms with Gasteiger partial charge in [0.1, 0.15) is 29.4 Å². The Hall–Kier alpha value is -5.00. The van der Waals surface area contributed by atoms with Crippen LogP contribution in [0.1, 0.15) is 84.8 Å². The Morgan fingerprint density at radius 2 is 1.86 bits per heavy atom. The Morgan fingerprint density at radius 3 is 2.58 bits per heavy atom. The van der Waals surface area contributed by atoms with Crippen LogP contribution in [0.4, 0.5) is 0 Å². The van der Waals surface area contributed by atoms with Gasteiger partial charge in [0.25, 0.3) is 17.7 Å². The number of allylic oxidation sites excluding steroid dienone is 2. The molecule has 3 heterocycles. The molecule has 59 heavy (non-hydrogen) atoms. The second-order valence-electron chi connectivity index (χ2n) is 14.9. The van der Waals surface area contributed by atoms with E-state index in [1.54, 1.807) is 32.4 Å². The van der Waals surface area contributed by atoms with Gasteiger partial charge in [0.15, 0.2) is 0 Å². The first-order chi connectivity index (χ1) is 28.4. The number of carbonyl (C=O) groups excluding carboxylic acids is 4. The third-order valence-electron chi connectivity index (χ3n) is 10.6. The zero-order valence-corrected chi connectivity index (χ0v) is 35.4. The molecule has 15 nitrogen and oxygen atoms in total. The Balaban J connectivity index is 1.14. The average Bonchev–Trinajstić information content (AvgIpc) is 4.13. The normalized spacial score (nSPS) is 20.5. The van der Waals surface area contributed by atoms with Crippen molar-refractivity contribution >= 4 is 68.3 Å². The summed E-state index contributed by atoms with van der Waals surface area (Å²) in [6.45, 7) is 7.91. The number of likely N-dealkylation sites (tertiary alicyclic amines) is 1. The smallest absolute Gasteiger partial charge is 0.287 e. The molecule has 17 heteroatoms. The van der Waals surface area contributed by atoms with E-state index in [1.807, 2.05) is 38.1 Å². The van der Waals surface area contributed by atoms with Crippen LogP contribution in [0.15, 0.2) is 52.5 Å². The topological polar surface area (TPSA) is 192 Å². The second-order valence-corrected chi connectivity index (χ2v) is 18.1. The molecule has 1 N–H and O–H groups in total. The highest BCUT2D eigenvalue weighted by Crippen LogP contribution is 2.41. The molecule has 2 aromatic heterocycles. The van der Waals surface area contributed by atoms with Crippen LogP contribution in [0.5, 0.6) is 17.4 Å². The molecule has 0 spiro atoms. The quantitative estimate of drug-likeness (QED) is 0.0825. The van der Waals surface area contributed by atoms with E-state index in [0.29, 0.717) is 78.5 Å². The SMILES string of the molecule is C=NC(=O)C1CC(Oc2cc(OCC)nc3c(C)c(OC)ccc23)CN1C(=O)C(CCCCCC=CC1CC1C(=O)NS(=O)(=O)C1CC1)=NC(=O)c1ccc(COC)s1. The Labute approximate surface area is 348 Å². The zero-order chi connectivity index (χ0) is 42.3. The van der Waals surface area contributed by atoms with Gasteiger partial charge in [0.05, 0.1) is 42.5 Å². The summed E-state index contributed by atoms with van der Waals surface area (Å²) in [5, 5.41) is 0.260. The molecule has 1 aliphatic heterocycles. The van der Waals surface area contributed by atoms with Crippen molar-refractivity contribution in [2.45, 2.75) is 95.6 Å². The van der Waals surface area contributed by atoms with Crippen molar-refractivity contribution in [1.82, 2.24) is 14.6 Å². The summed E-state index contributed by atoms with van der Waals surface area (Å²) in [7, 11) is -0.412. The summed E-state index contributed by atoms with van der Waals surface area (Å²) >= 11 is 1.23. The molecule has 3 aliphatic rings. The summed E-state index contributed by atoms with van der Waals surface area (Å²) in [6, 6.07) is 7.79. The predicted molar refractivity (Wildman–Crippen MR) is 224 cm³/mol. The molecular weight excluding hydrogens is 799 g/mol. The van der Waals surface area contributed by atoms with Crippen LogP contribution in [0, 0.1) is 18.8 Å². The molecule has 0 radical (unpaired) electrons. The van der Waals surface area contributed by atoms with E-state index < -0.39 is 51.0 Å². The van der Waals surface area contributed by atoms with Crippen LogP contribution in [0.25, 0.3) is 10.9 Å². The number of hydrogen-bond donors (Lipinski definition) is 1. The largest absolute Gasteiger partial charge is 0.496 e. The van der Waals surface area contributed by atoms with Crippen LogP contribution in [0.2, 0.25) is 0 Å². The van der Waals surface area contributed by atoms with E-state index in [4.69, 9.17) is 18.9 Å². The number of nitrogens with zero attached hydrogens (tertiary/aromatic N) is 4. The van der Waals surface area contributed by atoms with E-state index in [0.717, 1.165) is 23.3 Å². The van der Waals surface area contributed by atoms with Gasteiger partial charge in [-0.05, 0) is 95.7 Å². The maximum atomic E-state index is 14.4. The number of sulfonamides is 1. The summed E-state index contributed by atoms with van der Waals surface area (Å²) in [6.07, 6.45) is 8.18. The number of fused-ring (bicyclic) bond motifs is 1. The third kappa shape index (κ3) is 10.8. The van der Waals surface area contributed by atoms with Crippen molar-refractivity contribution in [3.05, 3.63) is 57.8 Å². The van der Waals surface area contributed by atoms with Crippen molar-refractivity contribution in [3.8, 4) is 17.4 Å². The Bertz CT molecular complexity index is 2250. The fourth-order valence-electron chi connectivity index (χ4n) is 7.20. The van der Waals surface area contributed by atoms with Gasteiger partial charge in [0.2, 0.25) is 21.8 Å². The molecule has 4 atom stereocenters. The minimum atomic E-state index is -3.56. The summed E-state index contributed by atoms with van der Waals surface area (Å²) in [5.74, 6) is -1.01. The molecule has 4 amide bonds. The summed E-state index contributed by atoms with van der Waals surface area (Å²) in [4.78, 5) is 68.7. The van der Waals surface area contributed by atoms with Gasteiger partial charge in [-0.1, -0.05) is 18.6 Å². The molecule has 316 valence electrons. The van der Waals surface area contributed by atoms with E-state index in [9.17, 15) is 27.6 Å². The van der Waals surface area contributed by atoms with Crippen molar-refractivity contribution in [1.29, 1.82) is 0 Å².